The fourth-order valence-electron chi connectivity index (χ4n) is 3.01. The van der Waals surface area contributed by atoms with E-state index in [1.165, 1.54) is 42.1 Å². The molecule has 0 aliphatic rings. The Kier molecular flexibility index (Phi) is 4.07. The second-order valence-corrected chi connectivity index (χ2v) is 7.10. The first-order valence-corrected chi connectivity index (χ1v) is 9.02. The van der Waals surface area contributed by atoms with Crippen molar-refractivity contribution < 1.29 is 13.2 Å². The van der Waals surface area contributed by atoms with Crippen LogP contribution >= 0.6 is 11.3 Å². The van der Waals surface area contributed by atoms with Crippen LogP contribution in [0.3, 0.4) is 0 Å². The summed E-state index contributed by atoms with van der Waals surface area (Å²) in [5, 5.41) is 4.72. The van der Waals surface area contributed by atoms with Gasteiger partial charge in [0.05, 0.1) is 17.8 Å². The maximum Gasteiger partial charge on any atom is 0.416 e. The topological polar surface area (TPSA) is 73.3 Å². The molecule has 0 unspecified atom stereocenters. The van der Waals surface area contributed by atoms with Crippen LogP contribution in [0.15, 0.2) is 39.2 Å². The molecule has 1 N–H and O–H groups in total. The summed E-state index contributed by atoms with van der Waals surface area (Å²) in [6.07, 6.45) is -4.43. The van der Waals surface area contributed by atoms with Crippen LogP contribution in [-0.2, 0) is 26.8 Å². The van der Waals surface area contributed by atoms with Gasteiger partial charge in [-0.05, 0) is 18.2 Å². The lowest BCUT2D eigenvalue weighted by Gasteiger charge is -2.10. The lowest BCUT2D eigenvalue weighted by molar-refractivity contribution is -0.137. The molecular formula is C17H14F3N5O2S. The summed E-state index contributed by atoms with van der Waals surface area (Å²) in [7, 11) is 2.91. The maximum atomic E-state index is 12.9. The second kappa shape index (κ2) is 6.23. The zero-order chi connectivity index (χ0) is 20.2. The average Bonchev–Trinajstić information content (AvgIpc) is 3.22. The Balaban J connectivity index is 1.77. The van der Waals surface area contributed by atoms with Crippen molar-refractivity contribution in [3.8, 4) is 0 Å². The summed E-state index contributed by atoms with van der Waals surface area (Å²) in [6.45, 7) is 0.179. The molecule has 4 aromatic rings. The van der Waals surface area contributed by atoms with Crippen LogP contribution in [0.2, 0.25) is 0 Å². The minimum absolute atomic E-state index is 0.179. The Morgan fingerprint density at radius 1 is 1.18 bits per heavy atom. The number of nitrogens with one attached hydrogen (secondary N) is 1. The van der Waals surface area contributed by atoms with Crippen molar-refractivity contribution in [2.75, 3.05) is 5.32 Å². The average molecular weight is 409 g/mol. The Hall–Kier alpha value is -3.08. The number of hydrogen-bond acceptors (Lipinski definition) is 5. The van der Waals surface area contributed by atoms with E-state index in [0.717, 1.165) is 16.7 Å². The van der Waals surface area contributed by atoms with Crippen molar-refractivity contribution in [3.05, 3.63) is 61.7 Å². The van der Waals surface area contributed by atoms with Crippen LogP contribution in [0.1, 0.15) is 11.3 Å². The highest BCUT2D eigenvalue weighted by Crippen LogP contribution is 2.31. The van der Waals surface area contributed by atoms with E-state index in [1.54, 1.807) is 9.78 Å². The summed E-state index contributed by atoms with van der Waals surface area (Å²) in [4.78, 5) is 29.6. The number of rotatable bonds is 3. The molecule has 0 fully saturated rings. The highest BCUT2D eigenvalue weighted by molar-refractivity contribution is 7.15. The van der Waals surface area contributed by atoms with Crippen LogP contribution < -0.4 is 16.6 Å². The summed E-state index contributed by atoms with van der Waals surface area (Å²) in [5.74, 6) is 0. The molecule has 11 heteroatoms. The summed E-state index contributed by atoms with van der Waals surface area (Å²) < 4.78 is 42.5. The summed E-state index contributed by atoms with van der Waals surface area (Å²) >= 11 is 1.28. The molecule has 0 bridgehead atoms. The molecule has 3 heterocycles. The van der Waals surface area contributed by atoms with Gasteiger partial charge in [-0.25, -0.2) is 9.78 Å². The first-order chi connectivity index (χ1) is 13.2. The number of fused-ring (bicyclic) bond motifs is 3. The molecule has 1 aromatic carbocycles. The fraction of sp³-hybridized carbons (Fsp3) is 0.235. The summed E-state index contributed by atoms with van der Waals surface area (Å²) in [5.41, 5.74) is -0.238. The third-order valence-electron chi connectivity index (χ3n) is 4.48. The number of thiazole rings is 1. The van der Waals surface area contributed by atoms with E-state index in [0.29, 0.717) is 16.3 Å². The van der Waals surface area contributed by atoms with Gasteiger partial charge in [0.1, 0.15) is 0 Å². The van der Waals surface area contributed by atoms with E-state index in [4.69, 9.17) is 0 Å². The van der Waals surface area contributed by atoms with Crippen LogP contribution in [0.5, 0.6) is 0 Å². The number of aryl methyl sites for hydroxylation is 1. The monoisotopic (exact) mass is 409 g/mol. The van der Waals surface area contributed by atoms with E-state index < -0.39 is 23.0 Å². The molecule has 0 spiro atoms. The lowest BCUT2D eigenvalue weighted by Crippen LogP contribution is -2.37. The number of imidazole rings is 1. The molecule has 146 valence electrons. The molecule has 7 nitrogen and oxygen atoms in total. The van der Waals surface area contributed by atoms with Gasteiger partial charge in [-0.15, -0.1) is 11.3 Å². The standard InChI is InChI=1S/C17H14F3N5O2S/c1-23-13-12(14(26)24(2)16(23)27)25-11(8-28-15(25)22-13)7-21-10-5-3-4-9(6-10)17(18,19)20/h3-6,8,21H,7H2,1-2H3. The van der Waals surface area contributed by atoms with Gasteiger partial charge in [-0.3, -0.25) is 18.3 Å². The number of aromatic nitrogens is 4. The van der Waals surface area contributed by atoms with Gasteiger partial charge in [0.25, 0.3) is 5.56 Å². The molecule has 0 atom stereocenters. The normalized spacial score (nSPS) is 12.2. The third kappa shape index (κ3) is 2.78. The van der Waals surface area contributed by atoms with Gasteiger partial charge >= 0.3 is 11.9 Å². The number of halogens is 3. The highest BCUT2D eigenvalue weighted by atomic mass is 32.1. The molecule has 0 aliphatic carbocycles. The molecule has 3 aromatic heterocycles. The smallest absolute Gasteiger partial charge is 0.379 e. The van der Waals surface area contributed by atoms with E-state index in [9.17, 15) is 22.8 Å². The predicted octanol–water partition coefficient (Wildman–Crippen LogP) is 2.58. The van der Waals surface area contributed by atoms with Crippen LogP contribution in [0.25, 0.3) is 16.1 Å². The van der Waals surface area contributed by atoms with Gasteiger partial charge in [-0.2, -0.15) is 13.2 Å². The Labute approximate surface area is 159 Å². The molecule has 0 saturated heterocycles. The first-order valence-electron chi connectivity index (χ1n) is 8.14. The van der Waals surface area contributed by atoms with Gasteiger partial charge in [0, 0.05) is 25.2 Å². The van der Waals surface area contributed by atoms with E-state index in [1.807, 2.05) is 0 Å². The van der Waals surface area contributed by atoms with Crippen LogP contribution in [0, 0.1) is 0 Å². The van der Waals surface area contributed by atoms with Crippen LogP contribution in [0.4, 0.5) is 18.9 Å². The van der Waals surface area contributed by atoms with Gasteiger partial charge in [0.15, 0.2) is 16.1 Å². The molecular weight excluding hydrogens is 395 g/mol. The highest BCUT2D eigenvalue weighted by Gasteiger charge is 2.30. The Morgan fingerprint density at radius 2 is 1.93 bits per heavy atom. The molecule has 0 amide bonds. The van der Waals surface area contributed by atoms with E-state index >= 15 is 0 Å². The Bertz CT molecular complexity index is 1330. The van der Waals surface area contributed by atoms with Gasteiger partial charge in [-0.1, -0.05) is 6.07 Å². The van der Waals surface area contributed by atoms with Crippen molar-refractivity contribution >= 4 is 33.1 Å². The number of nitrogens with zero attached hydrogens (tertiary/aromatic N) is 4. The number of alkyl halides is 3. The molecule has 0 aliphatic heterocycles. The van der Waals surface area contributed by atoms with Crippen molar-refractivity contribution in [3.63, 3.8) is 0 Å². The number of hydrogen-bond donors (Lipinski definition) is 1. The van der Waals surface area contributed by atoms with Gasteiger partial charge in [0.2, 0.25) is 0 Å². The molecule has 0 radical (unpaired) electrons. The quantitative estimate of drug-likeness (QED) is 0.565. The fourth-order valence-corrected chi connectivity index (χ4v) is 3.90. The SMILES string of the molecule is Cn1c(=O)c2c(nc3scc(CNc4cccc(C(F)(F)F)c4)n32)n(C)c1=O. The molecule has 28 heavy (non-hydrogen) atoms. The number of anilines is 1. The second-order valence-electron chi connectivity index (χ2n) is 6.27. The minimum Gasteiger partial charge on any atom is -0.379 e. The maximum absolute atomic E-state index is 12.9. The van der Waals surface area contributed by atoms with Crippen molar-refractivity contribution in [2.45, 2.75) is 12.7 Å². The van der Waals surface area contributed by atoms with E-state index in [2.05, 4.69) is 10.3 Å². The van der Waals surface area contributed by atoms with Crippen molar-refractivity contribution in [1.82, 2.24) is 18.5 Å². The zero-order valence-corrected chi connectivity index (χ0v) is 15.6. The predicted molar refractivity (Wildman–Crippen MR) is 99.8 cm³/mol. The zero-order valence-electron chi connectivity index (χ0n) is 14.7. The Morgan fingerprint density at radius 3 is 2.64 bits per heavy atom. The van der Waals surface area contributed by atoms with Gasteiger partial charge < -0.3 is 5.32 Å². The van der Waals surface area contributed by atoms with Crippen molar-refractivity contribution in [2.24, 2.45) is 14.1 Å². The first kappa shape index (κ1) is 18.3. The number of benzene rings is 1. The van der Waals surface area contributed by atoms with Crippen molar-refractivity contribution in [1.29, 1.82) is 0 Å². The van der Waals surface area contributed by atoms with Crippen LogP contribution in [-0.4, -0.2) is 18.5 Å². The third-order valence-corrected chi connectivity index (χ3v) is 5.35. The molecule has 0 saturated carbocycles. The minimum atomic E-state index is -4.43. The lowest BCUT2D eigenvalue weighted by atomic mass is 10.2. The largest absolute Gasteiger partial charge is 0.416 e. The summed E-state index contributed by atoms with van der Waals surface area (Å²) in [6, 6.07) is 4.89. The molecule has 4 rings (SSSR count). The van der Waals surface area contributed by atoms with E-state index in [-0.39, 0.29) is 17.7 Å².